The molecule has 0 unspecified atom stereocenters. The second kappa shape index (κ2) is 7.28. The molecule has 0 spiro atoms. The van der Waals surface area contributed by atoms with Gasteiger partial charge in [0.2, 0.25) is 5.91 Å². The van der Waals surface area contributed by atoms with Crippen LogP contribution in [0.1, 0.15) is 25.3 Å². The zero-order chi connectivity index (χ0) is 15.1. The molecule has 20 heavy (non-hydrogen) atoms. The smallest absolute Gasteiger partial charge is 0.303 e. The fourth-order valence-corrected chi connectivity index (χ4v) is 1.65. The molecule has 108 valence electrons. The average molecular weight is 279 g/mol. The summed E-state index contributed by atoms with van der Waals surface area (Å²) in [7, 11) is 0. The van der Waals surface area contributed by atoms with Gasteiger partial charge in [0.05, 0.1) is 12.5 Å². The first-order valence-electron chi connectivity index (χ1n) is 6.18. The van der Waals surface area contributed by atoms with E-state index in [4.69, 9.17) is 5.11 Å². The van der Waals surface area contributed by atoms with Crippen LogP contribution in [-0.4, -0.2) is 33.9 Å². The van der Waals surface area contributed by atoms with Gasteiger partial charge in [0.25, 0.3) is 0 Å². The van der Waals surface area contributed by atoms with Crippen LogP contribution in [0.15, 0.2) is 24.3 Å². The van der Waals surface area contributed by atoms with Crippen LogP contribution < -0.4 is 5.32 Å². The molecule has 3 N–H and O–H groups in total. The van der Waals surface area contributed by atoms with Crippen molar-refractivity contribution < 1.29 is 24.6 Å². The van der Waals surface area contributed by atoms with E-state index in [1.807, 2.05) is 0 Å². The number of nitrogens with one attached hydrogen (secondary N) is 1. The highest BCUT2D eigenvalue weighted by Gasteiger charge is 2.18. The van der Waals surface area contributed by atoms with Crippen molar-refractivity contribution >= 4 is 17.7 Å². The van der Waals surface area contributed by atoms with Gasteiger partial charge in [-0.1, -0.05) is 12.1 Å². The van der Waals surface area contributed by atoms with E-state index in [-0.39, 0.29) is 24.4 Å². The highest BCUT2D eigenvalue weighted by Crippen LogP contribution is 2.11. The number of carboxylic acids is 1. The van der Waals surface area contributed by atoms with Gasteiger partial charge in [0.1, 0.15) is 5.75 Å². The van der Waals surface area contributed by atoms with Crippen LogP contribution in [0.25, 0.3) is 0 Å². The van der Waals surface area contributed by atoms with Gasteiger partial charge in [-0.2, -0.15) is 0 Å². The molecule has 0 saturated heterocycles. The van der Waals surface area contributed by atoms with Gasteiger partial charge in [-0.25, -0.2) is 0 Å². The summed E-state index contributed by atoms with van der Waals surface area (Å²) in [4.78, 5) is 33.4. The fourth-order valence-electron chi connectivity index (χ4n) is 1.65. The van der Waals surface area contributed by atoms with Crippen molar-refractivity contribution in [1.82, 2.24) is 5.32 Å². The van der Waals surface area contributed by atoms with Gasteiger partial charge in [0.15, 0.2) is 5.78 Å². The van der Waals surface area contributed by atoms with Gasteiger partial charge in [-0.05, 0) is 31.0 Å². The number of rotatable bonds is 7. The summed E-state index contributed by atoms with van der Waals surface area (Å²) in [6.45, 7) is 1.36. The predicted octanol–water partition coefficient (Wildman–Crippen LogP) is 0.873. The van der Waals surface area contributed by atoms with Crippen LogP contribution in [-0.2, 0) is 20.8 Å². The number of ketones is 1. The predicted molar refractivity (Wildman–Crippen MR) is 71.3 cm³/mol. The molecule has 0 heterocycles. The van der Waals surface area contributed by atoms with Gasteiger partial charge in [-0.15, -0.1) is 0 Å². The second-order valence-electron chi connectivity index (χ2n) is 4.50. The van der Waals surface area contributed by atoms with Crippen LogP contribution in [0.3, 0.4) is 0 Å². The van der Waals surface area contributed by atoms with Crippen molar-refractivity contribution in [1.29, 1.82) is 0 Å². The summed E-state index contributed by atoms with van der Waals surface area (Å²) in [6, 6.07) is 5.63. The SMILES string of the molecule is CC(=O)[C@H](Cc1ccc(O)cc1)NC(=O)CCC(=O)O. The van der Waals surface area contributed by atoms with E-state index in [9.17, 15) is 19.5 Å². The first-order valence-corrected chi connectivity index (χ1v) is 6.18. The molecule has 1 rings (SSSR count). The lowest BCUT2D eigenvalue weighted by atomic mass is 10.0. The van der Waals surface area contributed by atoms with Crippen molar-refractivity contribution in [3.63, 3.8) is 0 Å². The van der Waals surface area contributed by atoms with Crippen LogP contribution in [0.2, 0.25) is 0 Å². The first kappa shape index (κ1) is 15.7. The number of aliphatic carboxylic acids is 1. The molecule has 0 radical (unpaired) electrons. The van der Waals surface area contributed by atoms with Crippen molar-refractivity contribution in [2.75, 3.05) is 0 Å². The molecule has 6 heteroatoms. The first-order chi connectivity index (χ1) is 9.38. The number of Topliss-reactive ketones (excluding diaryl/α,β-unsaturated/α-hetero) is 1. The van der Waals surface area contributed by atoms with Gasteiger partial charge in [-0.3, -0.25) is 14.4 Å². The lowest BCUT2D eigenvalue weighted by Gasteiger charge is -2.16. The van der Waals surface area contributed by atoms with E-state index in [0.29, 0.717) is 6.42 Å². The third-order valence-electron chi connectivity index (χ3n) is 2.77. The summed E-state index contributed by atoms with van der Waals surface area (Å²) in [5, 5.41) is 20.2. The Morgan fingerprint density at radius 1 is 1.15 bits per heavy atom. The summed E-state index contributed by atoms with van der Waals surface area (Å²) in [5.41, 5.74) is 0.793. The molecular weight excluding hydrogens is 262 g/mol. The van der Waals surface area contributed by atoms with Gasteiger partial charge < -0.3 is 15.5 Å². The average Bonchev–Trinajstić information content (AvgIpc) is 2.38. The number of carbonyl (C=O) groups is 3. The highest BCUT2D eigenvalue weighted by molar-refractivity contribution is 5.88. The third-order valence-corrected chi connectivity index (χ3v) is 2.77. The number of carboxylic acid groups (broad SMARTS) is 1. The molecule has 1 aromatic carbocycles. The summed E-state index contributed by atoms with van der Waals surface area (Å²) >= 11 is 0. The van der Waals surface area contributed by atoms with E-state index >= 15 is 0 Å². The molecule has 0 aliphatic heterocycles. The molecule has 1 atom stereocenters. The van der Waals surface area contributed by atoms with Crippen LogP contribution in [0, 0.1) is 0 Å². The quantitative estimate of drug-likeness (QED) is 0.687. The number of phenolic OH excluding ortho intramolecular Hbond substituents is 1. The van der Waals surface area contributed by atoms with E-state index in [1.165, 1.54) is 19.1 Å². The molecule has 0 fully saturated rings. The molecule has 0 bridgehead atoms. The molecule has 0 saturated carbocycles. The minimum absolute atomic E-state index is 0.124. The van der Waals surface area contributed by atoms with E-state index in [0.717, 1.165) is 5.56 Å². The van der Waals surface area contributed by atoms with Crippen molar-refractivity contribution in [2.24, 2.45) is 0 Å². The van der Waals surface area contributed by atoms with Crippen molar-refractivity contribution in [3.8, 4) is 5.75 Å². The summed E-state index contributed by atoms with van der Waals surface area (Å²) < 4.78 is 0. The van der Waals surface area contributed by atoms with Crippen LogP contribution >= 0.6 is 0 Å². The topological polar surface area (TPSA) is 104 Å². The number of hydrogen-bond acceptors (Lipinski definition) is 4. The highest BCUT2D eigenvalue weighted by atomic mass is 16.4. The minimum atomic E-state index is -1.06. The Bertz CT molecular complexity index is 495. The number of amides is 1. The number of carbonyl (C=O) groups excluding carboxylic acids is 2. The monoisotopic (exact) mass is 279 g/mol. The van der Waals surface area contributed by atoms with Crippen molar-refractivity contribution in [2.45, 2.75) is 32.2 Å². The minimum Gasteiger partial charge on any atom is -0.508 e. The number of benzene rings is 1. The molecule has 1 amide bonds. The Kier molecular flexibility index (Phi) is 5.71. The summed E-state index contributed by atoms with van der Waals surface area (Å²) in [6.07, 6.45) is -0.126. The van der Waals surface area contributed by atoms with Crippen LogP contribution in [0.5, 0.6) is 5.75 Å². The van der Waals surface area contributed by atoms with E-state index in [2.05, 4.69) is 5.32 Å². The Morgan fingerprint density at radius 3 is 2.25 bits per heavy atom. The fraction of sp³-hybridized carbons (Fsp3) is 0.357. The maximum atomic E-state index is 11.5. The zero-order valence-corrected chi connectivity index (χ0v) is 11.1. The standard InChI is InChI=1S/C14H17NO5/c1-9(16)12(15-13(18)6-7-14(19)20)8-10-2-4-11(17)5-3-10/h2-5,12,17H,6-8H2,1H3,(H,15,18)(H,19,20)/t12-/m0/s1. The normalized spacial score (nSPS) is 11.7. The summed E-state index contributed by atoms with van der Waals surface area (Å²) in [5.74, 6) is -1.61. The largest absolute Gasteiger partial charge is 0.508 e. The number of phenols is 1. The van der Waals surface area contributed by atoms with Gasteiger partial charge in [0, 0.05) is 6.42 Å². The molecule has 0 aliphatic carbocycles. The molecular formula is C14H17NO5. The Balaban J connectivity index is 2.60. The Hall–Kier alpha value is -2.37. The van der Waals surface area contributed by atoms with Crippen molar-refractivity contribution in [3.05, 3.63) is 29.8 Å². The Labute approximate surface area is 116 Å². The molecule has 6 nitrogen and oxygen atoms in total. The molecule has 0 aromatic heterocycles. The van der Waals surface area contributed by atoms with Crippen LogP contribution in [0.4, 0.5) is 0 Å². The molecule has 0 aliphatic rings. The Morgan fingerprint density at radius 2 is 1.75 bits per heavy atom. The van der Waals surface area contributed by atoms with E-state index < -0.39 is 17.9 Å². The number of aromatic hydroxyl groups is 1. The van der Waals surface area contributed by atoms with E-state index in [1.54, 1.807) is 12.1 Å². The zero-order valence-electron chi connectivity index (χ0n) is 11.1. The lowest BCUT2D eigenvalue weighted by molar-refractivity contribution is -0.139. The van der Waals surface area contributed by atoms with Gasteiger partial charge >= 0.3 is 5.97 Å². The molecule has 1 aromatic rings. The third kappa shape index (κ3) is 5.51. The maximum Gasteiger partial charge on any atom is 0.303 e. The number of hydrogen-bond donors (Lipinski definition) is 3. The lowest BCUT2D eigenvalue weighted by Crippen LogP contribution is -2.41. The maximum absolute atomic E-state index is 11.5. The second-order valence-corrected chi connectivity index (χ2v) is 4.50.